The zero-order valence-electron chi connectivity index (χ0n) is 30.8. The Kier molecular flexibility index (Phi) is 12.1. The molecule has 2 aliphatic rings. The highest BCUT2D eigenvalue weighted by Gasteiger charge is 2.40. The number of imide groups is 1. The first-order valence-corrected chi connectivity index (χ1v) is 18.5. The van der Waals surface area contributed by atoms with Crippen LogP contribution in [0.2, 0.25) is 0 Å². The van der Waals surface area contributed by atoms with E-state index in [4.69, 9.17) is 14.2 Å². The van der Waals surface area contributed by atoms with Gasteiger partial charge in [0.1, 0.15) is 12.6 Å². The van der Waals surface area contributed by atoms with Crippen molar-refractivity contribution in [1.82, 2.24) is 15.1 Å². The Bertz CT molecular complexity index is 2080. The van der Waals surface area contributed by atoms with Gasteiger partial charge in [0.2, 0.25) is 5.91 Å². The number of likely N-dealkylation sites (N-methyl/N-ethyl adjacent to an activating group) is 1. The number of aliphatic hydroxyl groups excluding tert-OH is 1. The van der Waals surface area contributed by atoms with E-state index in [0.717, 1.165) is 45.5 Å². The number of benzene rings is 5. The highest BCUT2D eigenvalue weighted by atomic mass is 16.7. The fourth-order valence-electron chi connectivity index (χ4n) is 7.11. The molecule has 10 heteroatoms. The van der Waals surface area contributed by atoms with Crippen molar-refractivity contribution in [2.75, 3.05) is 13.6 Å². The summed E-state index contributed by atoms with van der Waals surface area (Å²) in [6.07, 6.45) is -1.15. The minimum absolute atomic E-state index is 0.0210. The zero-order chi connectivity index (χ0) is 38.1. The molecule has 0 aliphatic carbocycles. The molecule has 0 spiro atoms. The number of hydrogen-bond acceptors (Lipinski definition) is 8. The number of rotatable bonds is 13. The van der Waals surface area contributed by atoms with Gasteiger partial charge in [0, 0.05) is 25.1 Å². The molecule has 5 aromatic carbocycles. The second-order valence-electron chi connectivity index (χ2n) is 14.1. The maximum Gasteiger partial charge on any atom is 0.408 e. The van der Waals surface area contributed by atoms with Crippen molar-refractivity contribution in [1.29, 1.82) is 0 Å². The molecule has 2 fully saturated rings. The molecule has 10 nitrogen and oxygen atoms in total. The van der Waals surface area contributed by atoms with Crippen LogP contribution < -0.4 is 5.32 Å². The van der Waals surface area contributed by atoms with Gasteiger partial charge in [-0.25, -0.2) is 4.79 Å². The van der Waals surface area contributed by atoms with Gasteiger partial charge in [-0.2, -0.15) is 0 Å². The molecule has 0 saturated carbocycles. The molecule has 2 aliphatic heterocycles. The lowest BCUT2D eigenvalue weighted by Gasteiger charge is -2.38. The van der Waals surface area contributed by atoms with Gasteiger partial charge in [0.15, 0.2) is 6.29 Å². The van der Waals surface area contributed by atoms with Crippen LogP contribution in [0.4, 0.5) is 4.79 Å². The van der Waals surface area contributed by atoms with Crippen LogP contribution in [-0.2, 0) is 50.1 Å². The van der Waals surface area contributed by atoms with Crippen LogP contribution in [0.25, 0.3) is 11.1 Å². The third-order valence-corrected chi connectivity index (χ3v) is 9.93. The van der Waals surface area contributed by atoms with Crippen LogP contribution in [0.3, 0.4) is 0 Å². The van der Waals surface area contributed by atoms with Crippen LogP contribution in [0.15, 0.2) is 133 Å². The van der Waals surface area contributed by atoms with Crippen LogP contribution in [-0.4, -0.2) is 58.6 Å². The highest BCUT2D eigenvalue weighted by Crippen LogP contribution is 2.39. The molecular formula is C45H45N3O7. The largest absolute Gasteiger partial charge is 0.445 e. The lowest BCUT2D eigenvalue weighted by molar-refractivity contribution is -0.252. The van der Waals surface area contributed by atoms with Gasteiger partial charge in [-0.15, -0.1) is 0 Å². The lowest BCUT2D eigenvalue weighted by atomic mass is 9.98. The summed E-state index contributed by atoms with van der Waals surface area (Å²) >= 11 is 0. The van der Waals surface area contributed by atoms with E-state index >= 15 is 0 Å². The number of aliphatic hydroxyl groups is 1. The van der Waals surface area contributed by atoms with E-state index in [-0.39, 0.29) is 44.3 Å². The fraction of sp³-hybridized carbons (Fsp3) is 0.267. The van der Waals surface area contributed by atoms with Crippen molar-refractivity contribution in [3.8, 4) is 11.1 Å². The normalized spacial score (nSPS) is 19.8. The summed E-state index contributed by atoms with van der Waals surface area (Å²) in [5.41, 5.74) is 7.39. The summed E-state index contributed by atoms with van der Waals surface area (Å²) in [7, 11) is 2.10. The smallest absolute Gasteiger partial charge is 0.408 e. The molecule has 0 radical (unpaired) electrons. The third-order valence-electron chi connectivity index (χ3n) is 9.93. The van der Waals surface area contributed by atoms with E-state index in [2.05, 4.69) is 35.5 Å². The minimum atomic E-state index is -0.982. The number of nitrogens with zero attached hydrogens (tertiary/aromatic N) is 2. The predicted octanol–water partition coefficient (Wildman–Crippen LogP) is 7.08. The summed E-state index contributed by atoms with van der Waals surface area (Å²) in [5.74, 6) is -0.827. The predicted molar refractivity (Wildman–Crippen MR) is 207 cm³/mol. The maximum atomic E-state index is 13.2. The average molecular weight is 740 g/mol. The van der Waals surface area contributed by atoms with Gasteiger partial charge >= 0.3 is 6.09 Å². The standard InChI is InChI=1S/C45H45N3O7/c1-47(26-31-10-4-2-5-11-31)28-39-24-41(35-20-18-32(29-49)19-21-35)55-44(54-39)38-17-9-16-37(23-38)36-15-8-14-34(22-36)27-48-42(50)25-40(43(48)51)46-45(52)53-30-33-12-6-3-7-13-33/h2-23,39-41,44,49H,24-30H2,1H3,(H,46,52)/t39-,40?,41+,44+/m0/s1. The first kappa shape index (κ1) is 37.7. The molecule has 55 heavy (non-hydrogen) atoms. The second-order valence-corrected chi connectivity index (χ2v) is 14.1. The van der Waals surface area contributed by atoms with E-state index in [9.17, 15) is 19.5 Å². The number of likely N-dealkylation sites (tertiary alicyclic amines) is 1. The summed E-state index contributed by atoms with van der Waals surface area (Å²) in [4.78, 5) is 42.1. The first-order chi connectivity index (χ1) is 26.8. The average Bonchev–Trinajstić information content (AvgIpc) is 3.47. The summed E-state index contributed by atoms with van der Waals surface area (Å²) in [5, 5.41) is 12.2. The van der Waals surface area contributed by atoms with Crippen LogP contribution in [0.1, 0.15) is 58.6 Å². The minimum Gasteiger partial charge on any atom is -0.445 e. The van der Waals surface area contributed by atoms with Crippen molar-refractivity contribution in [2.24, 2.45) is 0 Å². The lowest BCUT2D eigenvalue weighted by Crippen LogP contribution is -2.41. The molecule has 3 amide bonds. The number of ether oxygens (including phenoxy) is 3. The van der Waals surface area contributed by atoms with E-state index in [0.29, 0.717) is 13.0 Å². The number of hydrogen-bond donors (Lipinski definition) is 2. The van der Waals surface area contributed by atoms with Gasteiger partial charge in [-0.1, -0.05) is 121 Å². The molecule has 4 atom stereocenters. The van der Waals surface area contributed by atoms with Crippen LogP contribution in [0, 0.1) is 0 Å². The molecular weight excluding hydrogens is 695 g/mol. The Morgan fingerprint density at radius 1 is 0.782 bits per heavy atom. The quantitative estimate of drug-likeness (QED) is 0.123. The van der Waals surface area contributed by atoms with E-state index in [1.165, 1.54) is 10.5 Å². The topological polar surface area (TPSA) is 118 Å². The summed E-state index contributed by atoms with van der Waals surface area (Å²) < 4.78 is 18.6. The molecule has 2 saturated heterocycles. The number of amides is 3. The van der Waals surface area contributed by atoms with E-state index < -0.39 is 24.3 Å². The van der Waals surface area contributed by atoms with Crippen molar-refractivity contribution < 1.29 is 33.7 Å². The SMILES string of the molecule is CN(Cc1ccccc1)C[C@@H]1C[C@H](c2ccc(CO)cc2)O[C@H](c2cccc(-c3cccc(CN4C(=O)CC(NC(=O)OCc5ccccc5)C4=O)c3)c2)O1. The van der Waals surface area contributed by atoms with Crippen molar-refractivity contribution in [3.05, 3.63) is 167 Å². The van der Waals surface area contributed by atoms with E-state index in [1.54, 1.807) is 0 Å². The van der Waals surface area contributed by atoms with Crippen molar-refractivity contribution in [2.45, 2.75) is 63.7 Å². The number of carbonyl (C=O) groups excluding carboxylic acids is 3. The fourth-order valence-corrected chi connectivity index (χ4v) is 7.11. The van der Waals surface area contributed by atoms with Crippen LogP contribution >= 0.6 is 0 Å². The zero-order valence-corrected chi connectivity index (χ0v) is 30.8. The van der Waals surface area contributed by atoms with Crippen LogP contribution in [0.5, 0.6) is 0 Å². The Morgan fingerprint density at radius 3 is 2.18 bits per heavy atom. The summed E-state index contributed by atoms with van der Waals surface area (Å²) in [6, 6.07) is 42.2. The van der Waals surface area contributed by atoms with Gasteiger partial charge in [-0.3, -0.25) is 19.4 Å². The van der Waals surface area contributed by atoms with Gasteiger partial charge < -0.3 is 24.6 Å². The first-order valence-electron chi connectivity index (χ1n) is 18.5. The Morgan fingerprint density at radius 2 is 1.45 bits per heavy atom. The third kappa shape index (κ3) is 9.72. The monoisotopic (exact) mass is 739 g/mol. The van der Waals surface area contributed by atoms with Gasteiger partial charge in [0.05, 0.1) is 31.8 Å². The Labute approximate surface area is 321 Å². The maximum absolute atomic E-state index is 13.2. The molecule has 2 heterocycles. The molecule has 1 unspecified atom stereocenters. The van der Waals surface area contributed by atoms with E-state index in [1.807, 2.05) is 115 Å². The number of alkyl carbamates (subject to hydrolysis) is 1. The number of nitrogens with one attached hydrogen (secondary N) is 1. The highest BCUT2D eigenvalue weighted by molar-refractivity contribution is 6.06. The molecule has 282 valence electrons. The summed E-state index contributed by atoms with van der Waals surface area (Å²) in [6.45, 7) is 1.62. The number of carbonyl (C=O) groups is 3. The van der Waals surface area contributed by atoms with Gasteiger partial charge in [-0.05, 0) is 58.1 Å². The molecule has 2 N–H and O–H groups in total. The van der Waals surface area contributed by atoms with Crippen molar-refractivity contribution >= 4 is 17.9 Å². The van der Waals surface area contributed by atoms with Gasteiger partial charge in [0.25, 0.3) is 5.91 Å². The van der Waals surface area contributed by atoms with Crippen molar-refractivity contribution in [3.63, 3.8) is 0 Å². The molecule has 0 aromatic heterocycles. The Hall–Kier alpha value is -5.65. The molecule has 7 rings (SSSR count). The molecule has 0 bridgehead atoms. The Balaban J connectivity index is 1.03. The second kappa shape index (κ2) is 17.7. The molecule has 5 aromatic rings.